The Labute approximate surface area is 99.6 Å². The molecule has 0 N–H and O–H groups in total. The lowest BCUT2D eigenvalue weighted by Crippen LogP contribution is -1.95. The molecule has 1 heterocycles. The Morgan fingerprint density at radius 1 is 1.29 bits per heavy atom. The van der Waals surface area contributed by atoms with Gasteiger partial charge in [0, 0.05) is 5.56 Å². The SMILES string of the molecule is CC#CCOCc1noc(-c2ccccc2)n1. The van der Waals surface area contributed by atoms with Gasteiger partial charge < -0.3 is 9.26 Å². The minimum Gasteiger partial charge on any atom is -0.361 e. The minimum atomic E-state index is 0.311. The number of ether oxygens (including phenoxy) is 1. The Bertz CT molecular complexity index is 523. The van der Waals surface area contributed by atoms with E-state index in [2.05, 4.69) is 22.0 Å². The lowest BCUT2D eigenvalue weighted by Gasteiger charge is -1.92. The topological polar surface area (TPSA) is 48.2 Å². The standard InChI is InChI=1S/C13H12N2O2/c1-2-3-9-16-10-12-14-13(17-15-12)11-7-5-4-6-8-11/h4-8H,9-10H2,1H3. The first-order valence-corrected chi connectivity index (χ1v) is 5.25. The lowest BCUT2D eigenvalue weighted by atomic mass is 10.2. The van der Waals surface area contributed by atoms with Gasteiger partial charge in [0.15, 0.2) is 5.82 Å². The van der Waals surface area contributed by atoms with E-state index in [1.807, 2.05) is 30.3 Å². The van der Waals surface area contributed by atoms with Crippen molar-refractivity contribution in [3.63, 3.8) is 0 Å². The molecule has 4 heteroatoms. The fraction of sp³-hybridized carbons (Fsp3) is 0.231. The van der Waals surface area contributed by atoms with E-state index in [1.165, 1.54) is 0 Å². The highest BCUT2D eigenvalue weighted by Gasteiger charge is 2.07. The third kappa shape index (κ3) is 3.16. The van der Waals surface area contributed by atoms with Gasteiger partial charge in [0.2, 0.25) is 0 Å². The fourth-order valence-electron chi connectivity index (χ4n) is 1.28. The first kappa shape index (κ1) is 11.4. The number of rotatable bonds is 4. The highest BCUT2D eigenvalue weighted by atomic mass is 16.5. The molecule has 0 aliphatic rings. The van der Waals surface area contributed by atoms with Crippen LogP contribution in [0.5, 0.6) is 0 Å². The summed E-state index contributed by atoms with van der Waals surface area (Å²) in [6.07, 6.45) is 0. The highest BCUT2D eigenvalue weighted by Crippen LogP contribution is 2.16. The van der Waals surface area contributed by atoms with Gasteiger partial charge in [0.05, 0.1) is 0 Å². The Kier molecular flexibility index (Phi) is 3.90. The van der Waals surface area contributed by atoms with E-state index < -0.39 is 0 Å². The van der Waals surface area contributed by atoms with E-state index in [9.17, 15) is 0 Å². The molecule has 0 amide bonds. The van der Waals surface area contributed by atoms with Crippen molar-refractivity contribution in [2.24, 2.45) is 0 Å². The van der Waals surface area contributed by atoms with Crippen LogP contribution in [0.2, 0.25) is 0 Å². The number of hydrogen-bond acceptors (Lipinski definition) is 4. The quantitative estimate of drug-likeness (QED) is 0.595. The molecule has 2 rings (SSSR count). The van der Waals surface area contributed by atoms with Gasteiger partial charge in [0.25, 0.3) is 5.89 Å². The molecular weight excluding hydrogens is 216 g/mol. The minimum absolute atomic E-state index is 0.311. The molecule has 0 fully saturated rings. The maximum absolute atomic E-state index is 5.25. The molecule has 4 nitrogen and oxygen atoms in total. The second-order valence-electron chi connectivity index (χ2n) is 3.30. The van der Waals surface area contributed by atoms with Crippen LogP contribution in [0.25, 0.3) is 11.5 Å². The molecule has 2 aromatic rings. The van der Waals surface area contributed by atoms with Crippen LogP contribution < -0.4 is 0 Å². The molecule has 0 unspecified atom stereocenters. The van der Waals surface area contributed by atoms with Crippen molar-refractivity contribution in [1.82, 2.24) is 10.1 Å². The van der Waals surface area contributed by atoms with Crippen molar-refractivity contribution in [3.8, 4) is 23.3 Å². The summed E-state index contributed by atoms with van der Waals surface area (Å²) >= 11 is 0. The van der Waals surface area contributed by atoms with Gasteiger partial charge in [-0.15, -0.1) is 5.92 Å². The van der Waals surface area contributed by atoms with Gasteiger partial charge >= 0.3 is 0 Å². The van der Waals surface area contributed by atoms with Crippen LogP contribution in [-0.2, 0) is 11.3 Å². The van der Waals surface area contributed by atoms with Crippen LogP contribution in [0.4, 0.5) is 0 Å². The van der Waals surface area contributed by atoms with Gasteiger partial charge in [-0.3, -0.25) is 0 Å². The summed E-state index contributed by atoms with van der Waals surface area (Å²) in [5, 5.41) is 3.83. The Morgan fingerprint density at radius 2 is 2.12 bits per heavy atom. The van der Waals surface area contributed by atoms with E-state index in [0.29, 0.717) is 24.9 Å². The molecule has 1 aromatic heterocycles. The Hall–Kier alpha value is -2.12. The van der Waals surface area contributed by atoms with E-state index >= 15 is 0 Å². The summed E-state index contributed by atoms with van der Waals surface area (Å²) < 4.78 is 10.4. The third-order valence-electron chi connectivity index (χ3n) is 2.07. The molecule has 0 aliphatic heterocycles. The third-order valence-corrected chi connectivity index (χ3v) is 2.07. The molecule has 0 spiro atoms. The van der Waals surface area contributed by atoms with Crippen LogP contribution in [0.1, 0.15) is 12.7 Å². The maximum Gasteiger partial charge on any atom is 0.258 e. The Balaban J connectivity index is 1.98. The molecule has 0 saturated carbocycles. The molecule has 0 radical (unpaired) electrons. The average Bonchev–Trinajstić information content (AvgIpc) is 2.85. The zero-order valence-electron chi connectivity index (χ0n) is 9.51. The highest BCUT2D eigenvalue weighted by molar-refractivity contribution is 5.51. The summed E-state index contributed by atoms with van der Waals surface area (Å²) in [6.45, 7) is 2.46. The van der Waals surface area contributed by atoms with Crippen molar-refractivity contribution < 1.29 is 9.26 Å². The lowest BCUT2D eigenvalue weighted by molar-refractivity contribution is 0.144. The van der Waals surface area contributed by atoms with Crippen LogP contribution >= 0.6 is 0 Å². The molecule has 0 bridgehead atoms. The summed E-state index contributed by atoms with van der Waals surface area (Å²) in [5.74, 6) is 6.58. The molecule has 17 heavy (non-hydrogen) atoms. The smallest absolute Gasteiger partial charge is 0.258 e. The summed E-state index contributed by atoms with van der Waals surface area (Å²) in [6, 6.07) is 9.62. The van der Waals surface area contributed by atoms with Gasteiger partial charge in [0.1, 0.15) is 13.2 Å². The fourth-order valence-corrected chi connectivity index (χ4v) is 1.28. The molecule has 86 valence electrons. The number of aromatic nitrogens is 2. The van der Waals surface area contributed by atoms with Gasteiger partial charge in [-0.1, -0.05) is 29.3 Å². The van der Waals surface area contributed by atoms with E-state index in [1.54, 1.807) is 6.92 Å². The number of benzene rings is 1. The zero-order valence-corrected chi connectivity index (χ0v) is 9.51. The molecule has 0 aliphatic carbocycles. The van der Waals surface area contributed by atoms with Crippen molar-refractivity contribution in [2.75, 3.05) is 6.61 Å². The van der Waals surface area contributed by atoms with Gasteiger partial charge in [-0.05, 0) is 19.1 Å². The normalized spacial score (nSPS) is 9.71. The summed E-state index contributed by atoms with van der Waals surface area (Å²) in [4.78, 5) is 4.23. The van der Waals surface area contributed by atoms with Gasteiger partial charge in [-0.2, -0.15) is 4.98 Å². The van der Waals surface area contributed by atoms with Crippen LogP contribution in [-0.4, -0.2) is 16.7 Å². The largest absolute Gasteiger partial charge is 0.361 e. The molecule has 0 atom stereocenters. The molecule has 0 saturated heterocycles. The molecule has 1 aromatic carbocycles. The van der Waals surface area contributed by atoms with Crippen molar-refractivity contribution in [2.45, 2.75) is 13.5 Å². The second kappa shape index (κ2) is 5.83. The van der Waals surface area contributed by atoms with Crippen molar-refractivity contribution in [1.29, 1.82) is 0 Å². The Morgan fingerprint density at radius 3 is 2.88 bits per heavy atom. The van der Waals surface area contributed by atoms with E-state index in [0.717, 1.165) is 5.56 Å². The first-order chi connectivity index (χ1) is 8.40. The van der Waals surface area contributed by atoms with Crippen molar-refractivity contribution in [3.05, 3.63) is 36.2 Å². The summed E-state index contributed by atoms with van der Waals surface area (Å²) in [7, 11) is 0. The second-order valence-corrected chi connectivity index (χ2v) is 3.30. The van der Waals surface area contributed by atoms with Crippen LogP contribution in [0.3, 0.4) is 0 Å². The van der Waals surface area contributed by atoms with E-state index in [4.69, 9.17) is 9.26 Å². The number of hydrogen-bond donors (Lipinski definition) is 0. The first-order valence-electron chi connectivity index (χ1n) is 5.25. The monoisotopic (exact) mass is 228 g/mol. The maximum atomic E-state index is 5.25. The van der Waals surface area contributed by atoms with Crippen LogP contribution in [0.15, 0.2) is 34.9 Å². The predicted octanol–water partition coefficient (Wildman–Crippen LogP) is 2.28. The van der Waals surface area contributed by atoms with Crippen LogP contribution in [0, 0.1) is 11.8 Å². The van der Waals surface area contributed by atoms with Crippen molar-refractivity contribution >= 4 is 0 Å². The zero-order chi connectivity index (χ0) is 11.9. The van der Waals surface area contributed by atoms with Gasteiger partial charge in [-0.25, -0.2) is 0 Å². The number of nitrogens with zero attached hydrogens (tertiary/aromatic N) is 2. The summed E-state index contributed by atoms with van der Waals surface area (Å²) in [5.41, 5.74) is 0.902. The van der Waals surface area contributed by atoms with E-state index in [-0.39, 0.29) is 0 Å². The predicted molar refractivity (Wildman–Crippen MR) is 62.8 cm³/mol. The average molecular weight is 228 g/mol. The molecular formula is C13H12N2O2.